The molecule has 0 saturated heterocycles. The Morgan fingerprint density at radius 2 is 2.12 bits per heavy atom. The molecule has 0 aliphatic rings. The minimum atomic E-state index is -0.270. The third-order valence-corrected chi connectivity index (χ3v) is 4.50. The Bertz CT molecular complexity index is 918. The highest BCUT2D eigenvalue weighted by Crippen LogP contribution is 2.27. The van der Waals surface area contributed by atoms with Crippen molar-refractivity contribution >= 4 is 33.4 Å². The summed E-state index contributed by atoms with van der Waals surface area (Å²) in [5.41, 5.74) is 2.14. The number of nitrogens with one attached hydrogen (secondary N) is 1. The largest absolute Gasteiger partial charge is 0.470 e. The van der Waals surface area contributed by atoms with E-state index >= 15 is 0 Å². The molecule has 0 bridgehead atoms. The molecule has 0 radical (unpaired) electrons. The second-order valence-electron chi connectivity index (χ2n) is 5.67. The molecule has 1 amide bonds. The Labute approximate surface area is 164 Å². The zero-order valence-corrected chi connectivity index (χ0v) is 16.6. The molecule has 9 heteroatoms. The van der Waals surface area contributed by atoms with E-state index in [1.165, 1.54) is 4.68 Å². The van der Waals surface area contributed by atoms with Gasteiger partial charge in [-0.15, -0.1) is 0 Å². The molecule has 0 unspecified atom stereocenters. The van der Waals surface area contributed by atoms with E-state index < -0.39 is 0 Å². The van der Waals surface area contributed by atoms with Crippen LogP contribution in [0.15, 0.2) is 41.0 Å². The van der Waals surface area contributed by atoms with Crippen LogP contribution in [-0.4, -0.2) is 25.5 Å². The van der Waals surface area contributed by atoms with E-state index in [1.54, 1.807) is 29.1 Å². The van der Waals surface area contributed by atoms with Gasteiger partial charge in [-0.05, 0) is 37.3 Å². The second kappa shape index (κ2) is 7.92. The molecule has 7 nitrogen and oxygen atoms in total. The van der Waals surface area contributed by atoms with Crippen LogP contribution in [0.1, 0.15) is 21.9 Å². The molecule has 0 aliphatic carbocycles. The number of halogens is 2. The lowest BCUT2D eigenvalue weighted by Crippen LogP contribution is -2.24. The van der Waals surface area contributed by atoms with Gasteiger partial charge in [-0.25, -0.2) is 4.68 Å². The zero-order chi connectivity index (χ0) is 18.7. The van der Waals surface area contributed by atoms with Crippen LogP contribution >= 0.6 is 27.5 Å². The van der Waals surface area contributed by atoms with Crippen molar-refractivity contribution in [2.24, 2.45) is 7.05 Å². The Balaban J connectivity index is 1.55. The summed E-state index contributed by atoms with van der Waals surface area (Å²) in [6.45, 7) is 2.45. The second-order valence-corrected chi connectivity index (χ2v) is 6.99. The summed E-state index contributed by atoms with van der Waals surface area (Å²) in [6.07, 6.45) is 1.67. The summed E-state index contributed by atoms with van der Waals surface area (Å²) in [5, 5.41) is 11.8. The molecule has 3 rings (SSSR count). The number of hydrogen-bond donors (Lipinski definition) is 1. The molecule has 0 fully saturated rings. The molecule has 3 aromatic rings. The van der Waals surface area contributed by atoms with Gasteiger partial charge in [0.2, 0.25) is 0 Å². The molecule has 2 heterocycles. The summed E-state index contributed by atoms with van der Waals surface area (Å²) in [5.74, 6) is 0.274. The summed E-state index contributed by atoms with van der Waals surface area (Å²) >= 11 is 9.45. The van der Waals surface area contributed by atoms with Gasteiger partial charge in [0.05, 0.1) is 17.3 Å². The van der Waals surface area contributed by atoms with Crippen LogP contribution < -0.4 is 10.1 Å². The highest BCUT2D eigenvalue weighted by Gasteiger charge is 2.11. The first-order valence-electron chi connectivity index (χ1n) is 7.81. The Morgan fingerprint density at radius 3 is 2.81 bits per heavy atom. The van der Waals surface area contributed by atoms with Crippen LogP contribution in [0.3, 0.4) is 0 Å². The van der Waals surface area contributed by atoms with Crippen molar-refractivity contribution in [1.29, 1.82) is 0 Å². The number of carbonyl (C=O) groups excluding carboxylic acids is 1. The predicted octanol–water partition coefficient (Wildman–Crippen LogP) is 3.31. The molecule has 26 heavy (non-hydrogen) atoms. The number of aryl methyl sites for hydroxylation is 2. The van der Waals surface area contributed by atoms with Gasteiger partial charge in [0.15, 0.2) is 6.73 Å². The normalized spacial score (nSPS) is 10.8. The fourth-order valence-corrected chi connectivity index (χ4v) is 2.99. The topological polar surface area (TPSA) is 74.0 Å². The summed E-state index contributed by atoms with van der Waals surface area (Å²) in [7, 11) is 1.86. The summed E-state index contributed by atoms with van der Waals surface area (Å²) in [6, 6.07) is 8.90. The van der Waals surface area contributed by atoms with Gasteiger partial charge < -0.3 is 10.1 Å². The van der Waals surface area contributed by atoms with E-state index in [2.05, 4.69) is 31.4 Å². The monoisotopic (exact) mass is 437 g/mol. The zero-order valence-electron chi connectivity index (χ0n) is 14.2. The van der Waals surface area contributed by atoms with Gasteiger partial charge in [-0.1, -0.05) is 27.5 Å². The average Bonchev–Trinajstić information content (AvgIpc) is 3.19. The van der Waals surface area contributed by atoms with Crippen LogP contribution in [-0.2, 0) is 20.3 Å². The summed E-state index contributed by atoms with van der Waals surface area (Å²) < 4.78 is 9.78. The smallest absolute Gasteiger partial charge is 0.272 e. The standard InChI is InChI=1S/C17H17BrClN5O2/c1-11-7-13(21-23(11)2)9-20-17(25)15-5-6-24(22-15)10-26-16-4-3-12(18)8-14(16)19/h3-8H,9-10H2,1-2H3,(H,20,25). The first kappa shape index (κ1) is 18.5. The van der Waals surface area contributed by atoms with Gasteiger partial charge in [0.25, 0.3) is 5.91 Å². The SMILES string of the molecule is Cc1cc(CNC(=O)c2ccn(COc3ccc(Br)cc3Cl)n2)nn1C. The average molecular weight is 439 g/mol. The van der Waals surface area contributed by atoms with Crippen LogP contribution in [0.2, 0.25) is 5.02 Å². The minimum absolute atomic E-state index is 0.147. The maximum absolute atomic E-state index is 12.2. The number of carbonyl (C=O) groups is 1. The quantitative estimate of drug-likeness (QED) is 0.641. The highest BCUT2D eigenvalue weighted by molar-refractivity contribution is 9.10. The molecule has 1 N–H and O–H groups in total. The molecule has 1 aromatic carbocycles. The highest BCUT2D eigenvalue weighted by atomic mass is 79.9. The van der Waals surface area contributed by atoms with Crippen LogP contribution in [0, 0.1) is 6.92 Å². The van der Waals surface area contributed by atoms with Crippen molar-refractivity contribution in [3.05, 3.63) is 63.1 Å². The van der Waals surface area contributed by atoms with Gasteiger partial charge in [0, 0.05) is 23.4 Å². The van der Waals surface area contributed by atoms with Gasteiger partial charge >= 0.3 is 0 Å². The molecule has 0 atom stereocenters. The van der Waals surface area contributed by atoms with Crippen molar-refractivity contribution in [2.75, 3.05) is 0 Å². The molecular formula is C17H17BrClN5O2. The van der Waals surface area contributed by atoms with E-state index in [4.69, 9.17) is 16.3 Å². The first-order valence-corrected chi connectivity index (χ1v) is 8.98. The summed E-state index contributed by atoms with van der Waals surface area (Å²) in [4.78, 5) is 12.2. The van der Waals surface area contributed by atoms with E-state index in [0.717, 1.165) is 15.9 Å². The maximum atomic E-state index is 12.2. The third-order valence-electron chi connectivity index (χ3n) is 3.71. The van der Waals surface area contributed by atoms with Crippen molar-refractivity contribution in [3.63, 3.8) is 0 Å². The van der Waals surface area contributed by atoms with E-state index in [-0.39, 0.29) is 12.6 Å². The number of nitrogens with zero attached hydrogens (tertiary/aromatic N) is 4. The van der Waals surface area contributed by atoms with Crippen molar-refractivity contribution in [1.82, 2.24) is 24.9 Å². The Hall–Kier alpha value is -2.32. The van der Waals surface area contributed by atoms with Crippen molar-refractivity contribution < 1.29 is 9.53 Å². The number of ether oxygens (including phenoxy) is 1. The van der Waals surface area contributed by atoms with Crippen LogP contribution in [0.4, 0.5) is 0 Å². The molecule has 0 spiro atoms. The molecule has 2 aromatic heterocycles. The molecule has 0 aliphatic heterocycles. The molecular weight excluding hydrogens is 422 g/mol. The lowest BCUT2D eigenvalue weighted by molar-refractivity contribution is 0.0943. The third kappa shape index (κ3) is 4.44. The molecule has 0 saturated carbocycles. The van der Waals surface area contributed by atoms with Gasteiger partial charge in [0.1, 0.15) is 11.4 Å². The van der Waals surface area contributed by atoms with Crippen LogP contribution in [0.25, 0.3) is 0 Å². The maximum Gasteiger partial charge on any atom is 0.272 e. The number of hydrogen-bond acceptors (Lipinski definition) is 4. The minimum Gasteiger partial charge on any atom is -0.470 e. The van der Waals surface area contributed by atoms with Crippen molar-refractivity contribution in [3.8, 4) is 5.75 Å². The molecule has 136 valence electrons. The Kier molecular flexibility index (Phi) is 5.63. The number of aromatic nitrogens is 4. The number of benzene rings is 1. The van der Waals surface area contributed by atoms with Crippen molar-refractivity contribution in [2.45, 2.75) is 20.2 Å². The van der Waals surface area contributed by atoms with Gasteiger partial charge in [-0.2, -0.15) is 10.2 Å². The van der Waals surface area contributed by atoms with E-state index in [9.17, 15) is 4.79 Å². The van der Waals surface area contributed by atoms with Crippen LogP contribution in [0.5, 0.6) is 5.75 Å². The number of amides is 1. The predicted molar refractivity (Wildman–Crippen MR) is 101 cm³/mol. The fourth-order valence-electron chi connectivity index (χ4n) is 2.27. The fraction of sp³-hybridized carbons (Fsp3) is 0.235. The number of rotatable bonds is 6. The van der Waals surface area contributed by atoms with E-state index in [1.807, 2.05) is 26.1 Å². The van der Waals surface area contributed by atoms with Gasteiger partial charge in [-0.3, -0.25) is 9.48 Å². The lowest BCUT2D eigenvalue weighted by atomic mass is 10.3. The first-order chi connectivity index (χ1) is 12.4. The Morgan fingerprint density at radius 1 is 1.31 bits per heavy atom. The lowest BCUT2D eigenvalue weighted by Gasteiger charge is -2.08. The van der Waals surface area contributed by atoms with E-state index in [0.29, 0.717) is 23.0 Å².